The molecule has 28 heavy (non-hydrogen) atoms. The number of thioether (sulfide) groups is 1. The number of carbonyl (C=O) groups excluding carboxylic acids is 1. The maximum absolute atomic E-state index is 12.3. The van der Waals surface area contributed by atoms with Crippen LogP contribution in [0.25, 0.3) is 16.6 Å². The van der Waals surface area contributed by atoms with Gasteiger partial charge >= 0.3 is 0 Å². The molecular formula is C19H22N4O3S2. The molecule has 7 nitrogen and oxygen atoms in total. The summed E-state index contributed by atoms with van der Waals surface area (Å²) in [6.07, 6.45) is 0.481. The van der Waals surface area contributed by atoms with Crippen LogP contribution in [0.1, 0.15) is 23.1 Å². The van der Waals surface area contributed by atoms with E-state index in [9.17, 15) is 13.2 Å². The third-order valence-corrected chi connectivity index (χ3v) is 7.72. The van der Waals surface area contributed by atoms with Gasteiger partial charge in [-0.1, -0.05) is 23.4 Å². The molecule has 1 fully saturated rings. The van der Waals surface area contributed by atoms with Gasteiger partial charge in [-0.15, -0.1) is 10.2 Å². The minimum atomic E-state index is -3.01. The Morgan fingerprint density at radius 1 is 1.21 bits per heavy atom. The van der Waals surface area contributed by atoms with Crippen molar-refractivity contribution in [3.63, 3.8) is 0 Å². The summed E-state index contributed by atoms with van der Waals surface area (Å²) in [5.41, 5.74) is 5.27. The Kier molecular flexibility index (Phi) is 4.83. The Bertz CT molecular complexity index is 1200. The highest BCUT2D eigenvalue weighted by Crippen LogP contribution is 2.29. The fourth-order valence-electron chi connectivity index (χ4n) is 3.82. The third-order valence-electron chi connectivity index (χ3n) is 5.03. The molecule has 1 aliphatic rings. The first kappa shape index (κ1) is 19.2. The summed E-state index contributed by atoms with van der Waals surface area (Å²) < 4.78 is 25.1. The first-order valence-corrected chi connectivity index (χ1v) is 11.9. The van der Waals surface area contributed by atoms with E-state index in [1.54, 1.807) is 0 Å². The Balaban J connectivity index is 1.60. The minimum Gasteiger partial charge on any atom is -0.352 e. The molecule has 0 aliphatic carbocycles. The van der Waals surface area contributed by atoms with Crippen molar-refractivity contribution in [3.05, 3.63) is 34.9 Å². The molecule has 0 saturated carbocycles. The minimum absolute atomic E-state index is 0.0275. The molecule has 9 heteroatoms. The number of hydrogen-bond donors (Lipinski definition) is 1. The van der Waals surface area contributed by atoms with Crippen molar-refractivity contribution in [2.45, 2.75) is 38.4 Å². The summed E-state index contributed by atoms with van der Waals surface area (Å²) in [5.74, 6) is 0.147. The lowest BCUT2D eigenvalue weighted by atomic mass is 10.0. The van der Waals surface area contributed by atoms with Crippen LogP contribution in [0, 0.1) is 20.8 Å². The first-order chi connectivity index (χ1) is 13.2. The van der Waals surface area contributed by atoms with E-state index < -0.39 is 9.84 Å². The van der Waals surface area contributed by atoms with Crippen LogP contribution < -0.4 is 5.32 Å². The van der Waals surface area contributed by atoms with Gasteiger partial charge in [0.25, 0.3) is 0 Å². The second-order valence-electron chi connectivity index (χ2n) is 7.44. The average Bonchev–Trinajstić information content (AvgIpc) is 3.15. The molecule has 1 atom stereocenters. The van der Waals surface area contributed by atoms with Crippen LogP contribution in [-0.4, -0.2) is 52.2 Å². The van der Waals surface area contributed by atoms with Gasteiger partial charge in [0.05, 0.1) is 22.8 Å². The van der Waals surface area contributed by atoms with E-state index in [-0.39, 0.29) is 29.2 Å². The molecule has 3 heterocycles. The fourth-order valence-corrected chi connectivity index (χ4v) is 6.24. The molecule has 1 aromatic carbocycles. The number of rotatable bonds is 4. The Hall–Kier alpha value is -2.13. The van der Waals surface area contributed by atoms with Gasteiger partial charge in [-0.2, -0.15) is 0 Å². The molecule has 148 valence electrons. The van der Waals surface area contributed by atoms with E-state index in [0.29, 0.717) is 11.6 Å². The van der Waals surface area contributed by atoms with Gasteiger partial charge in [-0.05, 0) is 50.5 Å². The van der Waals surface area contributed by atoms with Gasteiger partial charge < -0.3 is 5.32 Å². The van der Waals surface area contributed by atoms with Crippen LogP contribution >= 0.6 is 11.8 Å². The summed E-state index contributed by atoms with van der Waals surface area (Å²) in [5, 5.41) is 13.2. The normalized spacial score (nSPS) is 18.8. The summed E-state index contributed by atoms with van der Waals surface area (Å²) in [6.45, 7) is 6.20. The van der Waals surface area contributed by atoms with Crippen LogP contribution in [0.4, 0.5) is 0 Å². The monoisotopic (exact) mass is 418 g/mol. The first-order valence-electron chi connectivity index (χ1n) is 9.12. The van der Waals surface area contributed by atoms with Crippen molar-refractivity contribution in [2.75, 3.05) is 17.3 Å². The van der Waals surface area contributed by atoms with Crippen LogP contribution in [0.5, 0.6) is 0 Å². The Morgan fingerprint density at radius 3 is 2.71 bits per heavy atom. The van der Waals surface area contributed by atoms with E-state index in [4.69, 9.17) is 0 Å². The van der Waals surface area contributed by atoms with Crippen molar-refractivity contribution in [1.82, 2.24) is 19.9 Å². The summed E-state index contributed by atoms with van der Waals surface area (Å²) >= 11 is 1.31. The van der Waals surface area contributed by atoms with Gasteiger partial charge in [0.2, 0.25) is 5.91 Å². The number of nitrogens with one attached hydrogen (secondary N) is 1. The molecular weight excluding hydrogens is 396 g/mol. The smallest absolute Gasteiger partial charge is 0.230 e. The highest BCUT2D eigenvalue weighted by atomic mass is 32.2. The Morgan fingerprint density at radius 2 is 2.00 bits per heavy atom. The van der Waals surface area contributed by atoms with Crippen molar-refractivity contribution in [3.8, 4) is 0 Å². The zero-order valence-corrected chi connectivity index (χ0v) is 17.7. The fraction of sp³-hybridized carbons (Fsp3) is 0.421. The highest BCUT2D eigenvalue weighted by molar-refractivity contribution is 7.99. The van der Waals surface area contributed by atoms with Crippen molar-refractivity contribution in [1.29, 1.82) is 0 Å². The summed E-state index contributed by atoms with van der Waals surface area (Å²) in [7, 11) is -3.01. The molecule has 0 spiro atoms. The molecule has 4 rings (SSSR count). The maximum Gasteiger partial charge on any atom is 0.230 e. The van der Waals surface area contributed by atoms with Gasteiger partial charge in [0.1, 0.15) is 0 Å². The molecule has 2 aromatic heterocycles. The molecule has 1 amide bonds. The number of aryl methyl sites for hydroxylation is 3. The number of hydrogen-bond acceptors (Lipinski definition) is 6. The standard InChI is InChI=1S/C19H22N4O3S2/c1-11-6-13(3)18-15(7-11)12(2)8-16-21-22-19(23(16)18)27-9-17(24)20-14-4-5-28(25,26)10-14/h6-8,14H,4-5,9-10H2,1-3H3,(H,20,24)/t14-/m1/s1. The van der Waals surface area contributed by atoms with Crippen molar-refractivity contribution >= 4 is 44.1 Å². The molecule has 0 bridgehead atoms. The number of carbonyl (C=O) groups is 1. The van der Waals surface area contributed by atoms with E-state index in [1.165, 1.54) is 17.3 Å². The third kappa shape index (κ3) is 3.60. The summed E-state index contributed by atoms with van der Waals surface area (Å²) in [4.78, 5) is 12.3. The van der Waals surface area contributed by atoms with Gasteiger partial charge in [-0.3, -0.25) is 9.20 Å². The lowest BCUT2D eigenvalue weighted by Crippen LogP contribution is -2.36. The van der Waals surface area contributed by atoms with E-state index in [1.807, 2.05) is 10.5 Å². The molecule has 1 aliphatic heterocycles. The molecule has 1 saturated heterocycles. The molecule has 1 N–H and O–H groups in total. The SMILES string of the molecule is Cc1cc(C)c2c(c1)c(C)cc1nnc(SCC(=O)N[C@@H]3CCS(=O)(=O)C3)n12. The maximum atomic E-state index is 12.3. The van der Waals surface area contributed by atoms with Gasteiger partial charge in [0, 0.05) is 11.4 Å². The van der Waals surface area contributed by atoms with Gasteiger partial charge in [0.15, 0.2) is 20.6 Å². The highest BCUT2D eigenvalue weighted by Gasteiger charge is 2.29. The molecule has 0 unspecified atom stereocenters. The number of benzene rings is 1. The summed E-state index contributed by atoms with van der Waals surface area (Å²) in [6, 6.07) is 5.99. The van der Waals surface area contributed by atoms with Crippen LogP contribution in [-0.2, 0) is 14.6 Å². The predicted molar refractivity (Wildman–Crippen MR) is 111 cm³/mol. The molecule has 3 aromatic rings. The van der Waals surface area contributed by atoms with Crippen LogP contribution in [0.3, 0.4) is 0 Å². The number of aromatic nitrogens is 3. The average molecular weight is 419 g/mol. The quantitative estimate of drug-likeness (QED) is 0.653. The second kappa shape index (κ2) is 7.04. The second-order valence-corrected chi connectivity index (χ2v) is 10.6. The van der Waals surface area contributed by atoms with Crippen LogP contribution in [0.15, 0.2) is 23.4 Å². The zero-order valence-electron chi connectivity index (χ0n) is 16.0. The number of pyridine rings is 1. The number of nitrogens with zero attached hydrogens (tertiary/aromatic N) is 3. The predicted octanol–water partition coefficient (Wildman–Crippen LogP) is 2.20. The number of fused-ring (bicyclic) bond motifs is 3. The zero-order chi connectivity index (χ0) is 20.1. The number of amides is 1. The topological polar surface area (TPSA) is 93.4 Å². The van der Waals surface area contributed by atoms with Crippen molar-refractivity contribution < 1.29 is 13.2 Å². The number of sulfone groups is 1. The van der Waals surface area contributed by atoms with Crippen molar-refractivity contribution in [2.24, 2.45) is 0 Å². The Labute approximate surface area is 167 Å². The van der Waals surface area contributed by atoms with Gasteiger partial charge in [-0.25, -0.2) is 8.42 Å². The molecule has 0 radical (unpaired) electrons. The van der Waals surface area contributed by atoms with E-state index in [2.05, 4.69) is 48.4 Å². The lowest BCUT2D eigenvalue weighted by molar-refractivity contribution is -0.119. The lowest BCUT2D eigenvalue weighted by Gasteiger charge is -2.12. The van der Waals surface area contributed by atoms with E-state index in [0.717, 1.165) is 27.7 Å². The van der Waals surface area contributed by atoms with Crippen LogP contribution in [0.2, 0.25) is 0 Å². The largest absolute Gasteiger partial charge is 0.352 e. The van der Waals surface area contributed by atoms with E-state index >= 15 is 0 Å².